The summed E-state index contributed by atoms with van der Waals surface area (Å²) >= 11 is 0. The van der Waals surface area contributed by atoms with Gasteiger partial charge in [0, 0.05) is 36.9 Å². The van der Waals surface area contributed by atoms with E-state index in [9.17, 15) is 0 Å². The molecule has 1 aromatic carbocycles. The van der Waals surface area contributed by atoms with E-state index >= 15 is 0 Å². The molecule has 1 N–H and O–H groups in total. The second kappa shape index (κ2) is 5.85. The zero-order valence-electron chi connectivity index (χ0n) is 13.1. The van der Waals surface area contributed by atoms with Crippen molar-refractivity contribution < 1.29 is 14.2 Å². The lowest BCUT2D eigenvalue weighted by Gasteiger charge is -2.37. The number of nitrogens with one attached hydrogen (secondary N) is 1. The van der Waals surface area contributed by atoms with Gasteiger partial charge in [0.15, 0.2) is 0 Å². The van der Waals surface area contributed by atoms with Crippen LogP contribution in [0.1, 0.15) is 44.7 Å². The maximum Gasteiger partial charge on any atom is 0.128 e. The van der Waals surface area contributed by atoms with Gasteiger partial charge in [-0.25, -0.2) is 0 Å². The Labute approximate surface area is 126 Å². The largest absolute Gasteiger partial charge is 0.490 e. The van der Waals surface area contributed by atoms with Crippen molar-refractivity contribution in [3.63, 3.8) is 0 Å². The molecule has 0 radical (unpaired) electrons. The quantitative estimate of drug-likeness (QED) is 0.929. The minimum absolute atomic E-state index is 0.155. The predicted molar refractivity (Wildman–Crippen MR) is 82.0 cm³/mol. The summed E-state index contributed by atoms with van der Waals surface area (Å²) in [7, 11) is 2.00. The molecule has 0 bridgehead atoms. The molecule has 0 spiro atoms. The van der Waals surface area contributed by atoms with Gasteiger partial charge in [-0.05, 0) is 27.0 Å². The van der Waals surface area contributed by atoms with Crippen molar-refractivity contribution in [2.24, 2.45) is 0 Å². The molecule has 0 aromatic heterocycles. The highest BCUT2D eigenvalue weighted by molar-refractivity contribution is 5.44. The maximum atomic E-state index is 6.14. The number of ether oxygens (including phenoxy) is 3. The molecule has 116 valence electrons. The van der Waals surface area contributed by atoms with Crippen LogP contribution in [-0.4, -0.2) is 32.0 Å². The van der Waals surface area contributed by atoms with E-state index in [4.69, 9.17) is 14.2 Å². The minimum Gasteiger partial charge on any atom is -0.490 e. The first-order valence-electron chi connectivity index (χ1n) is 7.82. The minimum atomic E-state index is -0.155. The molecular formula is C17H25NO3. The highest BCUT2D eigenvalue weighted by atomic mass is 16.5. The van der Waals surface area contributed by atoms with E-state index < -0.39 is 0 Å². The molecular weight excluding hydrogens is 266 g/mol. The predicted octanol–water partition coefficient (Wildman–Crippen LogP) is 3.07. The van der Waals surface area contributed by atoms with E-state index in [0.29, 0.717) is 6.04 Å². The lowest BCUT2D eigenvalue weighted by molar-refractivity contribution is 0.0249. The first-order chi connectivity index (χ1) is 10.1. The van der Waals surface area contributed by atoms with Gasteiger partial charge in [0.25, 0.3) is 0 Å². The van der Waals surface area contributed by atoms with Crippen LogP contribution in [0.4, 0.5) is 0 Å². The van der Waals surface area contributed by atoms with Crippen LogP contribution in [0.2, 0.25) is 0 Å². The first-order valence-corrected chi connectivity index (χ1v) is 7.82. The summed E-state index contributed by atoms with van der Waals surface area (Å²) < 4.78 is 17.6. The highest BCUT2D eigenvalue weighted by Crippen LogP contribution is 2.41. The molecule has 2 aliphatic heterocycles. The average Bonchev–Trinajstić information content (AvgIpc) is 2.46. The average molecular weight is 291 g/mol. The van der Waals surface area contributed by atoms with Crippen LogP contribution in [0.3, 0.4) is 0 Å². The zero-order valence-corrected chi connectivity index (χ0v) is 13.1. The van der Waals surface area contributed by atoms with Gasteiger partial charge in [0.1, 0.15) is 23.2 Å². The third-order valence-corrected chi connectivity index (χ3v) is 4.26. The Morgan fingerprint density at radius 3 is 2.71 bits per heavy atom. The molecule has 0 amide bonds. The van der Waals surface area contributed by atoms with Gasteiger partial charge < -0.3 is 19.5 Å². The van der Waals surface area contributed by atoms with E-state index in [1.54, 1.807) is 0 Å². The molecule has 4 heteroatoms. The van der Waals surface area contributed by atoms with Crippen LogP contribution in [0.5, 0.6) is 11.5 Å². The molecule has 1 saturated heterocycles. The van der Waals surface area contributed by atoms with E-state index in [2.05, 4.69) is 31.3 Å². The fourth-order valence-electron chi connectivity index (χ4n) is 3.15. The van der Waals surface area contributed by atoms with Crippen molar-refractivity contribution >= 4 is 0 Å². The lowest BCUT2D eigenvalue weighted by atomic mass is 9.90. The van der Waals surface area contributed by atoms with Gasteiger partial charge in [-0.1, -0.05) is 6.07 Å². The maximum absolute atomic E-state index is 6.14. The molecule has 1 fully saturated rings. The molecule has 1 atom stereocenters. The number of hydrogen-bond acceptors (Lipinski definition) is 4. The molecule has 2 aliphatic rings. The smallest absolute Gasteiger partial charge is 0.128 e. The summed E-state index contributed by atoms with van der Waals surface area (Å²) in [6.07, 6.45) is 3.15. The summed E-state index contributed by atoms with van der Waals surface area (Å²) in [6.45, 7) is 5.85. The van der Waals surface area contributed by atoms with E-state index in [1.807, 2.05) is 13.1 Å². The lowest BCUT2D eigenvalue weighted by Crippen LogP contribution is -2.38. The fraction of sp³-hybridized carbons (Fsp3) is 0.647. The normalized spacial score (nSPS) is 25.0. The molecule has 3 rings (SSSR count). The highest BCUT2D eigenvalue weighted by Gasteiger charge is 2.33. The SMILES string of the molecule is CNC1CC(C)(C)Oc2cc(OC3CCOCC3)ccc21. The fourth-order valence-corrected chi connectivity index (χ4v) is 3.15. The van der Waals surface area contributed by atoms with Gasteiger partial charge in [0.05, 0.1) is 13.2 Å². The van der Waals surface area contributed by atoms with Gasteiger partial charge in [0.2, 0.25) is 0 Å². The van der Waals surface area contributed by atoms with Crippen molar-refractivity contribution in [2.75, 3.05) is 20.3 Å². The Kier molecular flexibility index (Phi) is 4.09. The molecule has 1 unspecified atom stereocenters. The van der Waals surface area contributed by atoms with Crippen molar-refractivity contribution in [2.45, 2.75) is 50.9 Å². The zero-order chi connectivity index (χ0) is 14.9. The van der Waals surface area contributed by atoms with Gasteiger partial charge in [-0.2, -0.15) is 0 Å². The Balaban J connectivity index is 1.79. The van der Waals surface area contributed by atoms with Crippen molar-refractivity contribution in [1.29, 1.82) is 0 Å². The summed E-state index contributed by atoms with van der Waals surface area (Å²) in [4.78, 5) is 0. The third-order valence-electron chi connectivity index (χ3n) is 4.26. The van der Waals surface area contributed by atoms with Crippen LogP contribution in [0.25, 0.3) is 0 Å². The Bertz CT molecular complexity index is 495. The van der Waals surface area contributed by atoms with Crippen LogP contribution in [0, 0.1) is 0 Å². The van der Waals surface area contributed by atoms with E-state index in [-0.39, 0.29) is 11.7 Å². The van der Waals surface area contributed by atoms with Crippen molar-refractivity contribution in [3.05, 3.63) is 23.8 Å². The summed E-state index contributed by atoms with van der Waals surface area (Å²) in [5.41, 5.74) is 1.06. The summed E-state index contributed by atoms with van der Waals surface area (Å²) in [6, 6.07) is 6.55. The second-order valence-electron chi connectivity index (χ2n) is 6.54. The first kappa shape index (κ1) is 14.7. The van der Waals surface area contributed by atoms with Gasteiger partial charge in [-0.3, -0.25) is 0 Å². The van der Waals surface area contributed by atoms with Crippen LogP contribution < -0.4 is 14.8 Å². The topological polar surface area (TPSA) is 39.7 Å². The third kappa shape index (κ3) is 3.33. The standard InChI is InChI=1S/C17H25NO3/c1-17(2)11-15(18-3)14-5-4-13(10-16(14)21-17)20-12-6-8-19-9-7-12/h4-5,10,12,15,18H,6-9,11H2,1-3H3. The second-order valence-corrected chi connectivity index (χ2v) is 6.54. The van der Waals surface area contributed by atoms with Crippen LogP contribution >= 0.6 is 0 Å². The molecule has 0 aliphatic carbocycles. The molecule has 1 aromatic rings. The monoisotopic (exact) mass is 291 g/mol. The van der Waals surface area contributed by atoms with Gasteiger partial charge in [-0.15, -0.1) is 0 Å². The molecule has 2 heterocycles. The molecule has 21 heavy (non-hydrogen) atoms. The Hall–Kier alpha value is -1.26. The van der Waals surface area contributed by atoms with Crippen LogP contribution in [0.15, 0.2) is 18.2 Å². The van der Waals surface area contributed by atoms with E-state index in [0.717, 1.165) is 44.0 Å². The number of rotatable bonds is 3. The van der Waals surface area contributed by atoms with Crippen molar-refractivity contribution in [1.82, 2.24) is 5.32 Å². The molecule has 0 saturated carbocycles. The number of hydrogen-bond donors (Lipinski definition) is 1. The van der Waals surface area contributed by atoms with Gasteiger partial charge >= 0.3 is 0 Å². The molecule has 4 nitrogen and oxygen atoms in total. The number of benzene rings is 1. The summed E-state index contributed by atoms with van der Waals surface area (Å²) in [5.74, 6) is 1.84. The summed E-state index contributed by atoms with van der Waals surface area (Å²) in [5, 5.41) is 3.38. The Morgan fingerprint density at radius 1 is 1.24 bits per heavy atom. The Morgan fingerprint density at radius 2 is 2.00 bits per heavy atom. The van der Waals surface area contributed by atoms with E-state index in [1.165, 1.54) is 5.56 Å². The van der Waals surface area contributed by atoms with Crippen LogP contribution in [-0.2, 0) is 4.74 Å². The number of fused-ring (bicyclic) bond motifs is 1. The van der Waals surface area contributed by atoms with Crippen molar-refractivity contribution in [3.8, 4) is 11.5 Å².